The highest BCUT2D eigenvalue weighted by Gasteiger charge is 2.30. The smallest absolute Gasteiger partial charge is 0.261 e. The Morgan fingerprint density at radius 3 is 2.55 bits per heavy atom. The second-order valence-electron chi connectivity index (χ2n) is 7.47. The van der Waals surface area contributed by atoms with Crippen LogP contribution in [0.5, 0.6) is 0 Å². The highest BCUT2D eigenvalue weighted by Crippen LogP contribution is 2.40. The summed E-state index contributed by atoms with van der Waals surface area (Å²) in [5.74, 6) is 1.60. The molecule has 156 valence electrons. The monoisotopic (exact) mass is 432 g/mol. The zero-order valence-electron chi connectivity index (χ0n) is 16.6. The van der Waals surface area contributed by atoms with Crippen molar-refractivity contribution in [2.75, 3.05) is 0 Å². The van der Waals surface area contributed by atoms with Crippen molar-refractivity contribution in [1.82, 2.24) is 24.3 Å². The van der Waals surface area contributed by atoms with Gasteiger partial charge in [-0.2, -0.15) is 0 Å². The summed E-state index contributed by atoms with van der Waals surface area (Å²) in [5.41, 5.74) is 6.66. The van der Waals surface area contributed by atoms with E-state index in [2.05, 4.69) is 4.98 Å². The number of aromatic nitrogens is 5. The maximum atomic E-state index is 12.9. The molecule has 5 rings (SSSR count). The molecule has 0 radical (unpaired) electrons. The molecule has 1 amide bonds. The van der Waals surface area contributed by atoms with Crippen molar-refractivity contribution in [3.63, 3.8) is 0 Å². The van der Waals surface area contributed by atoms with E-state index in [1.165, 1.54) is 16.3 Å². The van der Waals surface area contributed by atoms with Gasteiger partial charge in [0.05, 0.1) is 22.3 Å². The Morgan fingerprint density at radius 1 is 1.06 bits per heavy atom. The summed E-state index contributed by atoms with van der Waals surface area (Å²) in [6.07, 6.45) is 2.22. The Labute approximate surface area is 182 Å². The summed E-state index contributed by atoms with van der Waals surface area (Å²) < 4.78 is 3.23. The van der Waals surface area contributed by atoms with Gasteiger partial charge in [0.25, 0.3) is 5.56 Å². The third kappa shape index (κ3) is 3.96. The lowest BCUT2D eigenvalue weighted by Gasteiger charge is -2.11. The van der Waals surface area contributed by atoms with Crippen LogP contribution in [0.25, 0.3) is 16.6 Å². The van der Waals surface area contributed by atoms with Crippen LogP contribution < -0.4 is 11.3 Å². The fourth-order valence-electron chi connectivity index (χ4n) is 3.50. The normalized spacial score (nSPS) is 13.5. The minimum Gasteiger partial charge on any atom is -0.368 e. The quantitative estimate of drug-likeness (QED) is 0.450. The van der Waals surface area contributed by atoms with Crippen LogP contribution in [-0.2, 0) is 17.1 Å². The molecule has 0 unspecified atom stereocenters. The number of carbonyl (C=O) groups excluding carboxylic acids is 1. The van der Waals surface area contributed by atoms with E-state index in [-0.39, 0.29) is 12.1 Å². The summed E-state index contributed by atoms with van der Waals surface area (Å²) in [7, 11) is 0. The molecule has 9 heteroatoms. The number of para-hydroxylation sites is 2. The molecule has 0 saturated heterocycles. The number of nitrogens with zero attached hydrogens (tertiary/aromatic N) is 5. The molecule has 1 saturated carbocycles. The molecule has 1 aliphatic carbocycles. The Hall–Kier alpha value is -3.46. The Balaban J connectivity index is 1.49. The van der Waals surface area contributed by atoms with Gasteiger partial charge in [-0.25, -0.2) is 14.6 Å². The molecule has 8 nitrogen and oxygen atoms in total. The van der Waals surface area contributed by atoms with Crippen LogP contribution >= 0.6 is 11.8 Å². The van der Waals surface area contributed by atoms with Gasteiger partial charge in [-0.1, -0.05) is 42.1 Å². The van der Waals surface area contributed by atoms with Gasteiger partial charge in [-0.15, -0.1) is 5.10 Å². The van der Waals surface area contributed by atoms with Crippen molar-refractivity contribution in [3.8, 4) is 5.69 Å². The van der Waals surface area contributed by atoms with E-state index in [0.717, 1.165) is 24.4 Å². The molecule has 4 aromatic rings. The van der Waals surface area contributed by atoms with Crippen molar-refractivity contribution in [2.24, 2.45) is 5.73 Å². The Kier molecular flexibility index (Phi) is 5.03. The summed E-state index contributed by atoms with van der Waals surface area (Å²) in [5, 5.41) is 5.76. The topological polar surface area (TPSA) is 109 Å². The van der Waals surface area contributed by atoms with Crippen LogP contribution in [0.1, 0.15) is 30.4 Å². The second-order valence-corrected chi connectivity index (χ2v) is 8.41. The maximum Gasteiger partial charge on any atom is 0.261 e. The standard InChI is InChI=1S/C22H20N6O2S/c23-18(29)12-27-19(24-17-9-5-4-8-16(17)21(27)30)13-31-22-25-20(14-10-11-14)28(26-22)15-6-2-1-3-7-15/h1-9,14H,10-13H2,(H2,23,29). The minimum atomic E-state index is -0.590. The van der Waals surface area contributed by atoms with Crippen LogP contribution in [0, 0.1) is 0 Å². The number of hydrogen-bond acceptors (Lipinski definition) is 6. The van der Waals surface area contributed by atoms with E-state index in [9.17, 15) is 9.59 Å². The molecule has 0 bridgehead atoms. The molecule has 0 aliphatic heterocycles. The van der Waals surface area contributed by atoms with Gasteiger partial charge in [0.1, 0.15) is 18.2 Å². The van der Waals surface area contributed by atoms with E-state index >= 15 is 0 Å². The fourth-order valence-corrected chi connectivity index (χ4v) is 4.28. The molecule has 2 aromatic heterocycles. The summed E-state index contributed by atoms with van der Waals surface area (Å²) in [6, 6.07) is 17.0. The van der Waals surface area contributed by atoms with Gasteiger partial charge >= 0.3 is 0 Å². The number of thioether (sulfide) groups is 1. The third-order valence-electron chi connectivity index (χ3n) is 5.14. The first kappa shape index (κ1) is 19.5. The maximum absolute atomic E-state index is 12.9. The summed E-state index contributed by atoms with van der Waals surface area (Å²) >= 11 is 1.39. The summed E-state index contributed by atoms with van der Waals surface area (Å²) in [4.78, 5) is 33.8. The zero-order chi connectivity index (χ0) is 21.4. The van der Waals surface area contributed by atoms with Gasteiger partial charge in [0.15, 0.2) is 0 Å². The average molecular weight is 433 g/mol. The molecule has 1 fully saturated rings. The number of rotatable bonds is 7. The first-order chi connectivity index (χ1) is 15.1. The van der Waals surface area contributed by atoms with Gasteiger partial charge in [-0.05, 0) is 37.1 Å². The van der Waals surface area contributed by atoms with Crippen molar-refractivity contribution in [1.29, 1.82) is 0 Å². The van der Waals surface area contributed by atoms with Crippen LogP contribution in [0.4, 0.5) is 0 Å². The molecule has 2 aromatic carbocycles. The predicted octanol–water partition coefficient (Wildman–Crippen LogP) is 2.63. The lowest BCUT2D eigenvalue weighted by Crippen LogP contribution is -2.31. The molecule has 31 heavy (non-hydrogen) atoms. The summed E-state index contributed by atoms with van der Waals surface area (Å²) in [6.45, 7) is -0.216. The second kappa shape index (κ2) is 7.99. The van der Waals surface area contributed by atoms with Gasteiger partial charge in [0, 0.05) is 5.92 Å². The van der Waals surface area contributed by atoms with E-state index in [1.807, 2.05) is 41.1 Å². The van der Waals surface area contributed by atoms with E-state index in [0.29, 0.717) is 33.6 Å². The van der Waals surface area contributed by atoms with Crippen LogP contribution in [0.2, 0.25) is 0 Å². The molecule has 0 atom stereocenters. The van der Waals surface area contributed by atoms with Gasteiger partial charge in [-0.3, -0.25) is 14.2 Å². The van der Waals surface area contributed by atoms with Crippen molar-refractivity contribution in [3.05, 3.63) is 76.6 Å². The number of benzene rings is 2. The van der Waals surface area contributed by atoms with Crippen molar-refractivity contribution in [2.45, 2.75) is 36.2 Å². The van der Waals surface area contributed by atoms with Gasteiger partial charge in [0.2, 0.25) is 11.1 Å². The minimum absolute atomic E-state index is 0.216. The van der Waals surface area contributed by atoms with E-state index < -0.39 is 5.91 Å². The van der Waals surface area contributed by atoms with Crippen molar-refractivity contribution < 1.29 is 4.79 Å². The van der Waals surface area contributed by atoms with E-state index in [4.69, 9.17) is 15.8 Å². The molecule has 2 N–H and O–H groups in total. The number of hydrogen-bond donors (Lipinski definition) is 1. The number of primary amides is 1. The largest absolute Gasteiger partial charge is 0.368 e. The number of amides is 1. The Bertz CT molecular complexity index is 1330. The van der Waals surface area contributed by atoms with Crippen LogP contribution in [-0.4, -0.2) is 30.2 Å². The average Bonchev–Trinajstić information content (AvgIpc) is 3.54. The van der Waals surface area contributed by atoms with Gasteiger partial charge < -0.3 is 5.73 Å². The number of nitrogens with two attached hydrogens (primary N) is 1. The molecule has 1 aliphatic rings. The van der Waals surface area contributed by atoms with Crippen LogP contribution in [0.15, 0.2) is 64.5 Å². The lowest BCUT2D eigenvalue weighted by molar-refractivity contribution is -0.118. The SMILES string of the molecule is NC(=O)Cn1c(CSc2nc(C3CC3)n(-c3ccccc3)n2)nc2ccccc2c1=O. The fraction of sp³-hybridized carbons (Fsp3) is 0.227. The number of fused-ring (bicyclic) bond motifs is 1. The molecular weight excluding hydrogens is 412 g/mol. The molecule has 0 spiro atoms. The van der Waals surface area contributed by atoms with Crippen LogP contribution in [0.3, 0.4) is 0 Å². The Morgan fingerprint density at radius 2 is 1.81 bits per heavy atom. The predicted molar refractivity (Wildman–Crippen MR) is 118 cm³/mol. The molecule has 2 heterocycles. The molecular formula is C22H20N6O2S. The first-order valence-corrected chi connectivity index (χ1v) is 11.0. The number of carbonyl (C=O) groups is 1. The highest BCUT2D eigenvalue weighted by atomic mass is 32.2. The van der Waals surface area contributed by atoms with E-state index in [1.54, 1.807) is 18.2 Å². The lowest BCUT2D eigenvalue weighted by atomic mass is 10.2. The highest BCUT2D eigenvalue weighted by molar-refractivity contribution is 7.98. The first-order valence-electron chi connectivity index (χ1n) is 10.0. The van der Waals surface area contributed by atoms with Crippen molar-refractivity contribution >= 4 is 28.6 Å². The third-order valence-corrected chi connectivity index (χ3v) is 5.97. The zero-order valence-corrected chi connectivity index (χ0v) is 17.5.